The minimum absolute atomic E-state index is 0.151. The molecule has 0 heterocycles. The molecule has 0 aliphatic rings. The molecule has 4 heteroatoms. The lowest BCUT2D eigenvalue weighted by atomic mass is 10.1. The first-order valence-corrected chi connectivity index (χ1v) is 4.31. The topological polar surface area (TPSA) is 46.2 Å². The average molecular weight is 204 g/mol. The van der Waals surface area contributed by atoms with E-state index in [-0.39, 0.29) is 12.4 Å². The van der Waals surface area contributed by atoms with Crippen LogP contribution in [0.15, 0.2) is 18.2 Å². The number of aliphatic hydroxyl groups excluding tert-OH is 1. The summed E-state index contributed by atoms with van der Waals surface area (Å²) in [6.07, 6.45) is 0.319. The third kappa shape index (κ3) is 2.95. The third-order valence-corrected chi connectivity index (χ3v) is 1.97. The molecule has 1 aromatic carbocycles. The predicted molar refractivity (Wildman–Crippen MR) is 50.2 cm³/mol. The summed E-state index contributed by atoms with van der Waals surface area (Å²) in [6, 6.07) is 3.99. The summed E-state index contributed by atoms with van der Waals surface area (Å²) in [6.45, 7) is -0.151. The molecule has 2 nitrogen and oxygen atoms in total. The number of rotatable bonds is 3. The van der Waals surface area contributed by atoms with E-state index >= 15 is 0 Å². The van der Waals surface area contributed by atoms with E-state index < -0.39 is 6.04 Å². The molecule has 0 aliphatic carbocycles. The lowest BCUT2D eigenvalue weighted by molar-refractivity contribution is 0.264. The highest BCUT2D eigenvalue weighted by atomic mass is 35.5. The van der Waals surface area contributed by atoms with E-state index in [0.29, 0.717) is 17.0 Å². The van der Waals surface area contributed by atoms with Crippen molar-refractivity contribution in [3.8, 4) is 0 Å². The summed E-state index contributed by atoms with van der Waals surface area (Å²) in [4.78, 5) is 0. The Hall–Kier alpha value is -0.640. The standard InChI is InChI=1S/C9H11ClFNO/c10-7-2-1-6(9(11)4-7)3-8(12)5-13/h1-2,4,8,13H,3,5,12H2. The van der Waals surface area contributed by atoms with Crippen LogP contribution in [0, 0.1) is 5.82 Å². The highest BCUT2D eigenvalue weighted by Gasteiger charge is 2.07. The largest absolute Gasteiger partial charge is 0.395 e. The van der Waals surface area contributed by atoms with Gasteiger partial charge in [-0.3, -0.25) is 0 Å². The first-order valence-electron chi connectivity index (χ1n) is 3.94. The number of nitrogens with two attached hydrogens (primary N) is 1. The van der Waals surface area contributed by atoms with E-state index in [4.69, 9.17) is 22.4 Å². The first kappa shape index (κ1) is 10.4. The normalized spacial score (nSPS) is 12.9. The Morgan fingerprint density at radius 2 is 2.23 bits per heavy atom. The minimum Gasteiger partial charge on any atom is -0.395 e. The lowest BCUT2D eigenvalue weighted by Crippen LogP contribution is -2.27. The van der Waals surface area contributed by atoms with E-state index in [1.54, 1.807) is 12.1 Å². The predicted octanol–water partition coefficient (Wildman–Crippen LogP) is 1.34. The van der Waals surface area contributed by atoms with E-state index in [1.807, 2.05) is 0 Å². The molecule has 1 atom stereocenters. The summed E-state index contributed by atoms with van der Waals surface area (Å²) >= 11 is 5.57. The smallest absolute Gasteiger partial charge is 0.127 e. The van der Waals surface area contributed by atoms with Gasteiger partial charge in [0.15, 0.2) is 0 Å². The van der Waals surface area contributed by atoms with Gasteiger partial charge in [0.05, 0.1) is 6.61 Å². The molecule has 3 N–H and O–H groups in total. The van der Waals surface area contributed by atoms with E-state index in [0.717, 1.165) is 0 Å². The second kappa shape index (κ2) is 4.56. The molecule has 1 unspecified atom stereocenters. The van der Waals surface area contributed by atoms with Gasteiger partial charge in [0.2, 0.25) is 0 Å². The Kier molecular flexibility index (Phi) is 3.66. The van der Waals surface area contributed by atoms with Gasteiger partial charge >= 0.3 is 0 Å². The van der Waals surface area contributed by atoms with Gasteiger partial charge in [0.25, 0.3) is 0 Å². The highest BCUT2D eigenvalue weighted by Crippen LogP contribution is 2.15. The van der Waals surface area contributed by atoms with Gasteiger partial charge < -0.3 is 10.8 Å². The van der Waals surface area contributed by atoms with Crippen LogP contribution in [0.4, 0.5) is 4.39 Å². The molecule has 0 saturated carbocycles. The second-order valence-electron chi connectivity index (χ2n) is 2.88. The maximum atomic E-state index is 13.1. The van der Waals surface area contributed by atoms with Gasteiger partial charge in [0.1, 0.15) is 5.82 Å². The van der Waals surface area contributed by atoms with Gasteiger partial charge in [-0.15, -0.1) is 0 Å². The van der Waals surface area contributed by atoms with Crippen LogP contribution in [0.5, 0.6) is 0 Å². The van der Waals surface area contributed by atoms with E-state index in [9.17, 15) is 4.39 Å². The van der Waals surface area contributed by atoms with Crippen LogP contribution in [0.3, 0.4) is 0 Å². The Bertz CT molecular complexity index is 293. The van der Waals surface area contributed by atoms with Gasteiger partial charge in [-0.1, -0.05) is 17.7 Å². The van der Waals surface area contributed by atoms with Crippen molar-refractivity contribution in [2.45, 2.75) is 12.5 Å². The Balaban J connectivity index is 2.77. The number of halogens is 2. The van der Waals surface area contributed by atoms with Crippen LogP contribution in [0.25, 0.3) is 0 Å². The lowest BCUT2D eigenvalue weighted by Gasteiger charge is -2.08. The number of benzene rings is 1. The second-order valence-corrected chi connectivity index (χ2v) is 3.32. The summed E-state index contributed by atoms with van der Waals surface area (Å²) in [7, 11) is 0. The van der Waals surface area contributed by atoms with Crippen molar-refractivity contribution in [2.24, 2.45) is 5.73 Å². The zero-order valence-electron chi connectivity index (χ0n) is 7.00. The zero-order chi connectivity index (χ0) is 9.84. The summed E-state index contributed by atoms with van der Waals surface area (Å²) in [5.74, 6) is -0.378. The molecule has 0 spiro atoms. The third-order valence-electron chi connectivity index (χ3n) is 1.73. The van der Waals surface area contributed by atoms with E-state index in [2.05, 4.69) is 0 Å². The maximum absolute atomic E-state index is 13.1. The van der Waals surface area contributed by atoms with Crippen LogP contribution in [-0.4, -0.2) is 17.8 Å². The monoisotopic (exact) mass is 203 g/mol. The Labute approximate surface area is 81.1 Å². The van der Waals surface area contributed by atoms with Crippen molar-refractivity contribution in [3.63, 3.8) is 0 Å². The van der Waals surface area contributed by atoms with Crippen molar-refractivity contribution in [2.75, 3.05) is 6.61 Å². The molecule has 1 aromatic rings. The van der Waals surface area contributed by atoms with Crippen molar-refractivity contribution < 1.29 is 9.50 Å². The molecule has 0 fully saturated rings. The number of hydrogen-bond acceptors (Lipinski definition) is 2. The molecular weight excluding hydrogens is 193 g/mol. The SMILES string of the molecule is NC(CO)Cc1ccc(Cl)cc1F. The van der Waals surface area contributed by atoms with Crippen molar-refractivity contribution in [1.29, 1.82) is 0 Å². The van der Waals surface area contributed by atoms with Crippen LogP contribution in [0.2, 0.25) is 5.02 Å². The van der Waals surface area contributed by atoms with Crippen LogP contribution in [-0.2, 0) is 6.42 Å². The molecule has 13 heavy (non-hydrogen) atoms. The molecule has 0 aromatic heterocycles. The summed E-state index contributed by atoms with van der Waals surface area (Å²) in [5, 5.41) is 9.03. The Morgan fingerprint density at radius 3 is 2.77 bits per heavy atom. The maximum Gasteiger partial charge on any atom is 0.127 e. The molecule has 0 saturated heterocycles. The summed E-state index contributed by atoms with van der Waals surface area (Å²) in [5.41, 5.74) is 5.94. The molecule has 0 bridgehead atoms. The van der Waals surface area contributed by atoms with Crippen molar-refractivity contribution in [3.05, 3.63) is 34.6 Å². The molecule has 72 valence electrons. The van der Waals surface area contributed by atoms with Gasteiger partial charge in [-0.25, -0.2) is 4.39 Å². The number of aliphatic hydroxyl groups is 1. The molecule has 0 radical (unpaired) electrons. The van der Waals surface area contributed by atoms with Crippen LogP contribution < -0.4 is 5.73 Å². The van der Waals surface area contributed by atoms with Gasteiger partial charge in [0, 0.05) is 11.1 Å². The highest BCUT2D eigenvalue weighted by molar-refractivity contribution is 6.30. The number of hydrogen-bond donors (Lipinski definition) is 2. The fourth-order valence-electron chi connectivity index (χ4n) is 1.03. The van der Waals surface area contributed by atoms with Gasteiger partial charge in [-0.2, -0.15) is 0 Å². The van der Waals surface area contributed by atoms with E-state index in [1.165, 1.54) is 6.07 Å². The fourth-order valence-corrected chi connectivity index (χ4v) is 1.19. The van der Waals surface area contributed by atoms with Crippen molar-refractivity contribution in [1.82, 2.24) is 0 Å². The van der Waals surface area contributed by atoms with Crippen molar-refractivity contribution >= 4 is 11.6 Å². The molecule has 0 aliphatic heterocycles. The Morgan fingerprint density at radius 1 is 1.54 bits per heavy atom. The molecule has 0 amide bonds. The molecular formula is C9H11ClFNO. The summed E-state index contributed by atoms with van der Waals surface area (Å²) < 4.78 is 13.1. The average Bonchev–Trinajstić information content (AvgIpc) is 2.09. The first-order chi connectivity index (χ1) is 6.13. The quantitative estimate of drug-likeness (QED) is 0.779. The zero-order valence-corrected chi connectivity index (χ0v) is 7.76. The van der Waals surface area contributed by atoms with Crippen LogP contribution >= 0.6 is 11.6 Å². The van der Waals surface area contributed by atoms with Gasteiger partial charge in [-0.05, 0) is 24.1 Å². The fraction of sp³-hybridized carbons (Fsp3) is 0.333. The molecule has 1 rings (SSSR count). The van der Waals surface area contributed by atoms with Crippen LogP contribution in [0.1, 0.15) is 5.56 Å². The minimum atomic E-state index is -0.421.